The van der Waals surface area contributed by atoms with Gasteiger partial charge in [-0.25, -0.2) is 9.13 Å². The Morgan fingerprint density at radius 3 is 0.636 bits per heavy atom. The van der Waals surface area contributed by atoms with E-state index in [-0.39, 0.29) is 25.7 Å². The maximum absolute atomic E-state index is 13.2. The molecular formula is C88H172O17P2. The number of carbonyl (C=O) groups is 4. The molecule has 0 fully saturated rings. The first kappa shape index (κ1) is 105. The van der Waals surface area contributed by atoms with Gasteiger partial charge >= 0.3 is 39.5 Å². The summed E-state index contributed by atoms with van der Waals surface area (Å²) in [4.78, 5) is 73.3. The lowest BCUT2D eigenvalue weighted by Gasteiger charge is -2.21. The molecule has 0 aromatic heterocycles. The SMILES string of the molecule is CCCCCCCCCCCCCCCCCCCCCC(=O)OC[C@H](COP(=O)(O)OC[C@@H](O)COP(=O)(O)OC[C@@H](COC(=O)CCCCCCCCCCCC(C)C)OC(=O)CCCCCCCCCCCCCCCCC)OC(=O)CCCCCCCCCCCCCCCCCCCCC(C)C. The molecule has 636 valence electrons. The maximum Gasteiger partial charge on any atom is 0.472 e. The highest BCUT2D eigenvalue weighted by atomic mass is 31.2. The van der Waals surface area contributed by atoms with Crippen molar-refractivity contribution in [1.29, 1.82) is 0 Å². The molecular weight excluding hydrogens is 1390 g/mol. The van der Waals surface area contributed by atoms with E-state index >= 15 is 0 Å². The van der Waals surface area contributed by atoms with Gasteiger partial charge in [-0.15, -0.1) is 0 Å². The minimum absolute atomic E-state index is 0.108. The molecule has 0 aliphatic heterocycles. The third-order valence-electron chi connectivity index (χ3n) is 20.7. The maximum atomic E-state index is 13.2. The van der Waals surface area contributed by atoms with Crippen LogP contribution in [0.15, 0.2) is 0 Å². The van der Waals surface area contributed by atoms with E-state index in [1.807, 2.05) is 0 Å². The summed E-state index contributed by atoms with van der Waals surface area (Å²) in [6.07, 6.45) is 72.2. The molecule has 0 spiro atoms. The van der Waals surface area contributed by atoms with Crippen LogP contribution in [-0.2, 0) is 65.4 Å². The summed E-state index contributed by atoms with van der Waals surface area (Å²) in [7, 11) is -9.93. The standard InChI is InChI=1S/C88H172O17P2/c1-7-9-11-13-15-17-19-21-23-24-25-29-33-36-40-46-52-58-64-70-85(90)98-76-83(104-88(93)73-67-61-55-48-42-38-34-30-27-26-28-32-35-39-44-50-56-62-68-80(3)4)78-102-106(94,95)100-74-82(89)75-101-107(96,97)103-79-84(77-99-86(91)71-65-59-53-49-43-45-51-57-63-69-81(5)6)105-87(92)72-66-60-54-47-41-37-31-22-20-18-16-14-12-10-8-2/h80-84,89H,7-79H2,1-6H3,(H,94,95)(H,96,97)/t82-,83-,84-/m1/s1. The van der Waals surface area contributed by atoms with E-state index in [0.717, 1.165) is 102 Å². The fourth-order valence-corrected chi connectivity index (χ4v) is 15.4. The van der Waals surface area contributed by atoms with Crippen molar-refractivity contribution < 1.29 is 80.2 Å². The van der Waals surface area contributed by atoms with E-state index in [9.17, 15) is 43.2 Å². The molecule has 19 heteroatoms. The lowest BCUT2D eigenvalue weighted by Crippen LogP contribution is -2.30. The Hall–Kier alpha value is -1.94. The van der Waals surface area contributed by atoms with Gasteiger partial charge in [0.25, 0.3) is 0 Å². The van der Waals surface area contributed by atoms with Crippen LogP contribution in [0.25, 0.3) is 0 Å². The molecule has 5 atom stereocenters. The Labute approximate surface area is 658 Å². The summed E-state index contributed by atoms with van der Waals surface area (Å²) in [5.41, 5.74) is 0. The number of phosphoric acid groups is 2. The second-order valence-electron chi connectivity index (χ2n) is 32.6. The number of aliphatic hydroxyl groups excluding tert-OH is 1. The average molecular weight is 1560 g/mol. The summed E-state index contributed by atoms with van der Waals surface area (Å²) in [5, 5.41) is 10.7. The van der Waals surface area contributed by atoms with Crippen LogP contribution in [0, 0.1) is 11.8 Å². The zero-order valence-corrected chi connectivity index (χ0v) is 72.2. The van der Waals surface area contributed by atoms with E-state index in [1.165, 1.54) is 289 Å². The molecule has 2 unspecified atom stereocenters. The van der Waals surface area contributed by atoms with Crippen molar-refractivity contribution in [3.05, 3.63) is 0 Å². The molecule has 0 bridgehead atoms. The number of unbranched alkanes of at least 4 members (excludes halogenated alkanes) is 57. The van der Waals surface area contributed by atoms with Gasteiger partial charge in [0.1, 0.15) is 19.3 Å². The number of esters is 4. The van der Waals surface area contributed by atoms with Gasteiger partial charge in [-0.05, 0) is 37.5 Å². The van der Waals surface area contributed by atoms with Crippen molar-refractivity contribution in [2.45, 2.75) is 490 Å². The predicted octanol–water partition coefficient (Wildman–Crippen LogP) is 27.0. The van der Waals surface area contributed by atoms with Crippen molar-refractivity contribution in [3.63, 3.8) is 0 Å². The monoisotopic (exact) mass is 1560 g/mol. The number of aliphatic hydroxyl groups is 1. The Bertz CT molecular complexity index is 2050. The second kappa shape index (κ2) is 79.3. The Morgan fingerprint density at radius 2 is 0.430 bits per heavy atom. The van der Waals surface area contributed by atoms with E-state index in [0.29, 0.717) is 25.7 Å². The van der Waals surface area contributed by atoms with Crippen LogP contribution in [0.3, 0.4) is 0 Å². The van der Waals surface area contributed by atoms with Gasteiger partial charge in [0, 0.05) is 25.7 Å². The highest BCUT2D eigenvalue weighted by Crippen LogP contribution is 2.45. The number of phosphoric ester groups is 2. The highest BCUT2D eigenvalue weighted by Gasteiger charge is 2.30. The highest BCUT2D eigenvalue weighted by molar-refractivity contribution is 7.47. The van der Waals surface area contributed by atoms with Crippen LogP contribution in [0.1, 0.15) is 472 Å². The third-order valence-corrected chi connectivity index (χ3v) is 22.6. The van der Waals surface area contributed by atoms with Gasteiger partial charge in [0.05, 0.1) is 26.4 Å². The number of rotatable bonds is 87. The van der Waals surface area contributed by atoms with Crippen LogP contribution >= 0.6 is 15.6 Å². The summed E-state index contributed by atoms with van der Waals surface area (Å²) in [5.74, 6) is -0.534. The Morgan fingerprint density at radius 1 is 0.252 bits per heavy atom. The average Bonchev–Trinajstić information content (AvgIpc) is 1.29. The van der Waals surface area contributed by atoms with Crippen LogP contribution in [0.5, 0.6) is 0 Å². The summed E-state index contributed by atoms with van der Waals surface area (Å²) in [6, 6.07) is 0. The topological polar surface area (TPSA) is 237 Å². The molecule has 0 heterocycles. The van der Waals surface area contributed by atoms with Crippen molar-refractivity contribution >= 4 is 39.5 Å². The minimum Gasteiger partial charge on any atom is -0.462 e. The molecule has 0 aliphatic rings. The molecule has 107 heavy (non-hydrogen) atoms. The lowest BCUT2D eigenvalue weighted by molar-refractivity contribution is -0.161. The van der Waals surface area contributed by atoms with Crippen molar-refractivity contribution in [3.8, 4) is 0 Å². The largest absolute Gasteiger partial charge is 0.472 e. The number of ether oxygens (including phenoxy) is 4. The van der Waals surface area contributed by atoms with E-state index < -0.39 is 97.5 Å². The number of carbonyl (C=O) groups excluding carboxylic acids is 4. The van der Waals surface area contributed by atoms with E-state index in [1.54, 1.807) is 0 Å². The summed E-state index contributed by atoms with van der Waals surface area (Å²) >= 11 is 0. The molecule has 0 radical (unpaired) electrons. The van der Waals surface area contributed by atoms with E-state index in [4.69, 9.17) is 37.0 Å². The van der Waals surface area contributed by atoms with Crippen molar-refractivity contribution in [2.24, 2.45) is 11.8 Å². The molecule has 0 aliphatic carbocycles. The first-order valence-corrected chi connectivity index (χ1v) is 48.5. The van der Waals surface area contributed by atoms with Crippen LogP contribution in [0.2, 0.25) is 0 Å². The molecule has 0 amide bonds. The lowest BCUT2D eigenvalue weighted by atomic mass is 10.0. The van der Waals surface area contributed by atoms with Gasteiger partial charge in [0.2, 0.25) is 0 Å². The van der Waals surface area contributed by atoms with E-state index in [2.05, 4.69) is 41.5 Å². The van der Waals surface area contributed by atoms with Crippen LogP contribution in [0.4, 0.5) is 0 Å². The normalized spacial score (nSPS) is 13.8. The molecule has 0 saturated carbocycles. The van der Waals surface area contributed by atoms with Crippen molar-refractivity contribution in [1.82, 2.24) is 0 Å². The fourth-order valence-electron chi connectivity index (χ4n) is 13.8. The molecule has 17 nitrogen and oxygen atoms in total. The molecule has 3 N–H and O–H groups in total. The fraction of sp³-hybridized carbons (Fsp3) is 0.955. The van der Waals surface area contributed by atoms with Gasteiger partial charge in [0.15, 0.2) is 12.2 Å². The minimum atomic E-state index is -4.97. The summed E-state index contributed by atoms with van der Waals surface area (Å²) < 4.78 is 69.0. The predicted molar refractivity (Wildman–Crippen MR) is 442 cm³/mol. The zero-order valence-electron chi connectivity index (χ0n) is 70.5. The van der Waals surface area contributed by atoms with Crippen LogP contribution in [-0.4, -0.2) is 96.7 Å². The summed E-state index contributed by atoms with van der Waals surface area (Å²) in [6.45, 7) is 9.71. The molecule has 0 saturated heterocycles. The molecule has 0 rings (SSSR count). The molecule has 0 aromatic rings. The quantitative estimate of drug-likeness (QED) is 0.0222. The molecule has 0 aromatic carbocycles. The Kier molecular flexibility index (Phi) is 77.9. The second-order valence-corrected chi connectivity index (χ2v) is 35.5. The van der Waals surface area contributed by atoms with Gasteiger partial charge in [-0.1, -0.05) is 420 Å². The van der Waals surface area contributed by atoms with Gasteiger partial charge < -0.3 is 33.8 Å². The first-order chi connectivity index (χ1) is 51.9. The third kappa shape index (κ3) is 81.9. The van der Waals surface area contributed by atoms with Crippen molar-refractivity contribution in [2.75, 3.05) is 39.6 Å². The number of hydrogen-bond donors (Lipinski definition) is 3. The zero-order chi connectivity index (χ0) is 78.5. The van der Waals surface area contributed by atoms with Crippen LogP contribution < -0.4 is 0 Å². The van der Waals surface area contributed by atoms with Gasteiger partial charge in [-0.3, -0.25) is 37.3 Å². The smallest absolute Gasteiger partial charge is 0.462 e. The Balaban J connectivity index is 5.24. The van der Waals surface area contributed by atoms with Gasteiger partial charge in [-0.2, -0.15) is 0 Å². The first-order valence-electron chi connectivity index (χ1n) is 45.5. The number of hydrogen-bond acceptors (Lipinski definition) is 15.